The third-order valence-corrected chi connectivity index (χ3v) is 3.59. The Balaban J connectivity index is 1.96. The minimum absolute atomic E-state index is 0.594. The number of benzene rings is 1. The molecule has 0 aliphatic carbocycles. The lowest BCUT2D eigenvalue weighted by atomic mass is 10.1. The van der Waals surface area contributed by atoms with Gasteiger partial charge in [-0.25, -0.2) is 9.97 Å². The van der Waals surface area contributed by atoms with Gasteiger partial charge in [-0.2, -0.15) is 0 Å². The maximum absolute atomic E-state index is 4.33. The monoisotopic (exact) mass is 292 g/mol. The maximum Gasteiger partial charge on any atom is 0.205 e. The summed E-state index contributed by atoms with van der Waals surface area (Å²) < 4.78 is 0. The molecule has 0 bridgehead atoms. The van der Waals surface area contributed by atoms with Crippen LogP contribution >= 0.6 is 0 Å². The van der Waals surface area contributed by atoms with Crippen molar-refractivity contribution in [2.24, 2.45) is 0 Å². The molecule has 0 unspecified atom stereocenters. The Morgan fingerprint density at radius 1 is 0.773 bits per heavy atom. The summed E-state index contributed by atoms with van der Waals surface area (Å²) >= 11 is 0. The molecular formula is C20H24N2. The van der Waals surface area contributed by atoms with E-state index < -0.39 is 0 Å². The van der Waals surface area contributed by atoms with Crippen LogP contribution < -0.4 is 0 Å². The van der Waals surface area contributed by atoms with E-state index in [1.807, 2.05) is 12.4 Å². The highest BCUT2D eigenvalue weighted by Crippen LogP contribution is 2.06. The highest BCUT2D eigenvalue weighted by Gasteiger charge is 1.96. The highest BCUT2D eigenvalue weighted by atomic mass is 14.8. The smallest absolute Gasteiger partial charge is 0.205 e. The van der Waals surface area contributed by atoms with Gasteiger partial charge in [0.25, 0.3) is 0 Å². The zero-order valence-electron chi connectivity index (χ0n) is 13.6. The molecule has 114 valence electrons. The van der Waals surface area contributed by atoms with Gasteiger partial charge in [0.15, 0.2) is 0 Å². The molecule has 2 aromatic rings. The van der Waals surface area contributed by atoms with Gasteiger partial charge in [-0.1, -0.05) is 51.2 Å². The summed E-state index contributed by atoms with van der Waals surface area (Å²) in [7, 11) is 0. The Hall–Kier alpha value is -2.14. The summed E-state index contributed by atoms with van der Waals surface area (Å²) in [4.78, 5) is 8.67. The predicted molar refractivity (Wildman–Crippen MR) is 91.7 cm³/mol. The second kappa shape index (κ2) is 9.00. The lowest BCUT2D eigenvalue weighted by molar-refractivity contribution is 0.713. The van der Waals surface area contributed by atoms with Crippen molar-refractivity contribution in [3.05, 3.63) is 59.2 Å². The fraction of sp³-hybridized carbons (Fsp3) is 0.400. The number of hydrogen-bond acceptors (Lipinski definition) is 2. The van der Waals surface area contributed by atoms with Crippen LogP contribution in [0.4, 0.5) is 0 Å². The van der Waals surface area contributed by atoms with E-state index in [1.54, 1.807) is 0 Å². The standard InChI is InChI=1S/C20H24N2/c1-3-5-6-8-19-15-21-20(22-16-19)14-13-18-11-9-17(7-4-2)10-12-18/h9-12,15-16H,3-8H2,1-2H3. The van der Waals surface area contributed by atoms with E-state index in [1.165, 1.54) is 36.8 Å². The van der Waals surface area contributed by atoms with Crippen LogP contribution in [0.25, 0.3) is 0 Å². The van der Waals surface area contributed by atoms with Gasteiger partial charge in [-0.3, -0.25) is 0 Å². The largest absolute Gasteiger partial charge is 0.229 e. The molecule has 0 atom stereocenters. The molecule has 2 rings (SSSR count). The van der Waals surface area contributed by atoms with E-state index in [2.05, 4.69) is 59.9 Å². The number of unbranched alkanes of at least 4 members (excludes halogenated alkanes) is 2. The Morgan fingerprint density at radius 3 is 2.14 bits per heavy atom. The quantitative estimate of drug-likeness (QED) is 0.576. The Labute approximate surface area is 134 Å². The van der Waals surface area contributed by atoms with Crippen molar-refractivity contribution in [2.45, 2.75) is 52.4 Å². The molecule has 0 N–H and O–H groups in total. The van der Waals surface area contributed by atoms with Crippen LogP contribution in [-0.4, -0.2) is 9.97 Å². The second-order valence-electron chi connectivity index (χ2n) is 5.57. The SMILES string of the molecule is CCCCCc1cnc(C#Cc2ccc(CCC)cc2)nc1. The molecule has 1 aromatic carbocycles. The van der Waals surface area contributed by atoms with Crippen LogP contribution in [0.5, 0.6) is 0 Å². The molecule has 0 radical (unpaired) electrons. The van der Waals surface area contributed by atoms with Crippen LogP contribution in [-0.2, 0) is 12.8 Å². The summed E-state index contributed by atoms with van der Waals surface area (Å²) in [6.07, 6.45) is 10.8. The molecule has 1 heterocycles. The lowest BCUT2D eigenvalue weighted by Crippen LogP contribution is -1.93. The summed E-state index contributed by atoms with van der Waals surface area (Å²) in [5.41, 5.74) is 3.57. The Bertz CT molecular complexity index is 615. The minimum Gasteiger partial charge on any atom is -0.229 e. The summed E-state index contributed by atoms with van der Waals surface area (Å²) in [6.45, 7) is 4.40. The van der Waals surface area contributed by atoms with Gasteiger partial charge in [-0.05, 0) is 48.4 Å². The summed E-state index contributed by atoms with van der Waals surface area (Å²) in [5.74, 6) is 6.76. The Morgan fingerprint density at radius 2 is 1.50 bits per heavy atom. The van der Waals surface area contributed by atoms with Gasteiger partial charge in [0.2, 0.25) is 5.82 Å². The van der Waals surface area contributed by atoms with E-state index in [0.717, 1.165) is 18.4 Å². The fourth-order valence-corrected chi connectivity index (χ4v) is 2.30. The molecule has 2 heteroatoms. The zero-order valence-corrected chi connectivity index (χ0v) is 13.6. The first kappa shape index (κ1) is 16.2. The summed E-state index contributed by atoms with van der Waals surface area (Å²) in [5, 5.41) is 0. The number of aromatic nitrogens is 2. The number of nitrogens with zero attached hydrogens (tertiary/aromatic N) is 2. The lowest BCUT2D eigenvalue weighted by Gasteiger charge is -1.99. The molecule has 2 nitrogen and oxygen atoms in total. The van der Waals surface area contributed by atoms with E-state index in [9.17, 15) is 0 Å². The maximum atomic E-state index is 4.33. The zero-order chi connectivity index (χ0) is 15.6. The van der Waals surface area contributed by atoms with Crippen molar-refractivity contribution < 1.29 is 0 Å². The molecule has 0 saturated carbocycles. The number of hydrogen-bond donors (Lipinski definition) is 0. The molecule has 0 fully saturated rings. The van der Waals surface area contributed by atoms with Gasteiger partial charge < -0.3 is 0 Å². The Kier molecular flexibility index (Phi) is 6.64. The van der Waals surface area contributed by atoms with E-state index in [-0.39, 0.29) is 0 Å². The van der Waals surface area contributed by atoms with Crippen LogP contribution in [0.2, 0.25) is 0 Å². The normalized spacial score (nSPS) is 10.1. The first-order valence-corrected chi connectivity index (χ1v) is 8.23. The molecule has 22 heavy (non-hydrogen) atoms. The number of aryl methyl sites for hydroxylation is 2. The van der Waals surface area contributed by atoms with Crippen molar-refractivity contribution >= 4 is 0 Å². The van der Waals surface area contributed by atoms with Gasteiger partial charge in [0.05, 0.1) is 0 Å². The van der Waals surface area contributed by atoms with Crippen molar-refractivity contribution in [2.75, 3.05) is 0 Å². The summed E-state index contributed by atoms with van der Waals surface area (Å²) in [6, 6.07) is 8.42. The van der Waals surface area contributed by atoms with Gasteiger partial charge in [0, 0.05) is 18.0 Å². The highest BCUT2D eigenvalue weighted by molar-refractivity contribution is 5.39. The van der Waals surface area contributed by atoms with Crippen LogP contribution in [0, 0.1) is 11.8 Å². The molecule has 1 aromatic heterocycles. The first-order valence-electron chi connectivity index (χ1n) is 8.23. The average Bonchev–Trinajstić information content (AvgIpc) is 2.56. The molecule has 0 aliphatic rings. The van der Waals surface area contributed by atoms with Crippen LogP contribution in [0.15, 0.2) is 36.7 Å². The predicted octanol–water partition coefficient (Wildman–Crippen LogP) is 4.56. The van der Waals surface area contributed by atoms with Crippen molar-refractivity contribution in [3.63, 3.8) is 0 Å². The first-order chi connectivity index (χ1) is 10.8. The van der Waals surface area contributed by atoms with Crippen LogP contribution in [0.1, 0.15) is 62.0 Å². The van der Waals surface area contributed by atoms with Crippen LogP contribution in [0.3, 0.4) is 0 Å². The molecule has 0 aliphatic heterocycles. The van der Waals surface area contributed by atoms with Crippen molar-refractivity contribution in [1.29, 1.82) is 0 Å². The van der Waals surface area contributed by atoms with Gasteiger partial charge in [0.1, 0.15) is 0 Å². The molecule has 0 saturated heterocycles. The third kappa shape index (κ3) is 5.33. The molecule has 0 amide bonds. The van der Waals surface area contributed by atoms with E-state index >= 15 is 0 Å². The minimum atomic E-state index is 0.594. The van der Waals surface area contributed by atoms with Gasteiger partial charge in [-0.15, -0.1) is 0 Å². The topological polar surface area (TPSA) is 25.8 Å². The van der Waals surface area contributed by atoms with Crippen molar-refractivity contribution in [3.8, 4) is 11.8 Å². The molecular weight excluding hydrogens is 268 g/mol. The van der Waals surface area contributed by atoms with E-state index in [0.29, 0.717) is 5.82 Å². The van der Waals surface area contributed by atoms with E-state index in [4.69, 9.17) is 0 Å². The van der Waals surface area contributed by atoms with Crippen molar-refractivity contribution in [1.82, 2.24) is 9.97 Å². The van der Waals surface area contributed by atoms with Gasteiger partial charge >= 0.3 is 0 Å². The second-order valence-corrected chi connectivity index (χ2v) is 5.57. The molecule has 0 spiro atoms. The number of rotatable bonds is 6. The average molecular weight is 292 g/mol. The fourth-order valence-electron chi connectivity index (χ4n) is 2.30. The third-order valence-electron chi connectivity index (χ3n) is 3.59.